The third-order valence-corrected chi connectivity index (χ3v) is 6.40. The Morgan fingerprint density at radius 3 is 1.50 bits per heavy atom. The maximum Gasteiger partial charge on any atom is 0.408 e. The zero-order valence-electron chi connectivity index (χ0n) is 22.8. The van der Waals surface area contributed by atoms with Gasteiger partial charge in [-0.1, -0.05) is 84.9 Å². The Morgan fingerprint density at radius 1 is 0.548 bits per heavy atom. The first-order valence-electron chi connectivity index (χ1n) is 13.4. The predicted octanol–water partition coefficient (Wildman–Crippen LogP) is 4.41. The zero-order valence-corrected chi connectivity index (χ0v) is 22.8. The molecule has 0 aromatic heterocycles. The summed E-state index contributed by atoms with van der Waals surface area (Å²) < 4.78 is 10.9. The number of hydrogen-bond donors (Lipinski definition) is 4. The van der Waals surface area contributed by atoms with E-state index in [0.717, 1.165) is 11.1 Å². The summed E-state index contributed by atoms with van der Waals surface area (Å²) >= 11 is 0. The summed E-state index contributed by atoms with van der Waals surface area (Å²) in [5.41, 5.74) is 2.91. The molecule has 0 spiro atoms. The van der Waals surface area contributed by atoms with Crippen LogP contribution in [-0.2, 0) is 45.1 Å². The van der Waals surface area contributed by atoms with Crippen molar-refractivity contribution in [3.05, 3.63) is 131 Å². The van der Waals surface area contributed by atoms with Gasteiger partial charge in [-0.2, -0.15) is 0 Å². The molecule has 2 unspecified atom stereocenters. The number of nitrogens with one attached hydrogen (secondary N) is 2. The van der Waals surface area contributed by atoms with Crippen molar-refractivity contribution >= 4 is 18.0 Å². The van der Waals surface area contributed by atoms with Crippen LogP contribution >= 0.6 is 0 Å². The smallest absolute Gasteiger partial charge is 0.408 e. The number of benzene rings is 4. The van der Waals surface area contributed by atoms with Crippen molar-refractivity contribution in [1.29, 1.82) is 0 Å². The van der Waals surface area contributed by atoms with Crippen LogP contribution in [0.2, 0.25) is 0 Å². The van der Waals surface area contributed by atoms with Gasteiger partial charge in [-0.25, -0.2) is 9.59 Å². The van der Waals surface area contributed by atoms with E-state index >= 15 is 0 Å². The molecule has 4 aromatic rings. The number of phenolic OH excluding ortho intramolecular Hbond substituents is 2. The molecule has 216 valence electrons. The second-order valence-corrected chi connectivity index (χ2v) is 9.65. The number of rotatable bonds is 12. The van der Waals surface area contributed by atoms with Crippen LogP contribution < -0.4 is 10.6 Å². The second-order valence-electron chi connectivity index (χ2n) is 9.65. The maximum atomic E-state index is 13.6. The van der Waals surface area contributed by atoms with E-state index in [2.05, 4.69) is 10.6 Å². The minimum atomic E-state index is -1.11. The summed E-state index contributed by atoms with van der Waals surface area (Å²) in [4.78, 5) is 39.5. The van der Waals surface area contributed by atoms with Crippen LogP contribution in [0.1, 0.15) is 22.3 Å². The molecule has 0 saturated carbocycles. The zero-order chi connectivity index (χ0) is 29.7. The van der Waals surface area contributed by atoms with E-state index in [0.29, 0.717) is 11.1 Å². The largest absolute Gasteiger partial charge is 0.508 e. The first kappa shape index (κ1) is 29.7. The summed E-state index contributed by atoms with van der Waals surface area (Å²) in [6, 6.07) is 28.5. The number of hydrogen-bond acceptors (Lipinski definition) is 7. The highest BCUT2D eigenvalue weighted by molar-refractivity contribution is 5.90. The third kappa shape index (κ3) is 9.41. The molecule has 4 rings (SSSR count). The van der Waals surface area contributed by atoms with Gasteiger partial charge in [0.05, 0.1) is 0 Å². The van der Waals surface area contributed by atoms with Crippen molar-refractivity contribution < 1.29 is 34.1 Å². The van der Waals surface area contributed by atoms with Crippen molar-refractivity contribution in [3.63, 3.8) is 0 Å². The number of phenols is 2. The third-order valence-electron chi connectivity index (χ3n) is 6.40. The molecule has 0 fully saturated rings. The van der Waals surface area contributed by atoms with E-state index in [9.17, 15) is 24.6 Å². The summed E-state index contributed by atoms with van der Waals surface area (Å²) in [6.45, 7) is 0.0259. The number of carbonyl (C=O) groups is 3. The van der Waals surface area contributed by atoms with Crippen LogP contribution in [0.5, 0.6) is 11.5 Å². The van der Waals surface area contributed by atoms with Gasteiger partial charge < -0.3 is 30.3 Å². The lowest BCUT2D eigenvalue weighted by molar-refractivity contribution is -0.149. The van der Waals surface area contributed by atoms with Crippen molar-refractivity contribution in [2.45, 2.75) is 38.1 Å². The molecule has 2 atom stereocenters. The average molecular weight is 569 g/mol. The van der Waals surface area contributed by atoms with Crippen LogP contribution in [0, 0.1) is 0 Å². The summed E-state index contributed by atoms with van der Waals surface area (Å²) in [7, 11) is 0. The van der Waals surface area contributed by atoms with Gasteiger partial charge in [0.1, 0.15) is 36.8 Å². The maximum absolute atomic E-state index is 13.6. The SMILES string of the molecule is O=C(NC(Cc1ccc(O)cc1)C(=O)NC(Cc1ccc(O)cc1)C(=O)OCc1ccccc1)OCc1ccccc1. The first-order chi connectivity index (χ1) is 20.4. The number of esters is 1. The minimum absolute atomic E-state index is 0.00944. The van der Waals surface area contributed by atoms with Crippen LogP contribution in [-0.4, -0.2) is 40.3 Å². The Hall–Kier alpha value is -5.31. The van der Waals surface area contributed by atoms with Crippen molar-refractivity contribution in [1.82, 2.24) is 10.6 Å². The number of amides is 2. The first-order valence-corrected chi connectivity index (χ1v) is 13.4. The summed E-state index contributed by atoms with van der Waals surface area (Å²) in [5.74, 6) is -1.15. The van der Waals surface area contributed by atoms with Gasteiger partial charge in [0.2, 0.25) is 5.91 Å². The normalized spacial score (nSPS) is 12.0. The van der Waals surface area contributed by atoms with E-state index in [1.54, 1.807) is 24.3 Å². The highest BCUT2D eigenvalue weighted by Crippen LogP contribution is 2.15. The molecule has 0 aliphatic heterocycles. The van der Waals surface area contributed by atoms with Gasteiger partial charge >= 0.3 is 12.1 Å². The van der Waals surface area contributed by atoms with E-state index < -0.39 is 30.1 Å². The standard InChI is InChI=1S/C33H32N2O7/c36-27-15-11-23(12-16-27)19-29(35-33(40)42-22-26-9-5-2-6-10-26)31(38)34-30(20-24-13-17-28(37)18-14-24)32(39)41-21-25-7-3-1-4-8-25/h1-18,29-30,36-37H,19-22H2,(H,34,38)(H,35,40). The van der Waals surface area contributed by atoms with E-state index in [-0.39, 0.29) is 37.6 Å². The molecule has 9 nitrogen and oxygen atoms in total. The molecular weight excluding hydrogens is 536 g/mol. The lowest BCUT2D eigenvalue weighted by Gasteiger charge is -2.23. The van der Waals surface area contributed by atoms with Crippen molar-refractivity contribution in [3.8, 4) is 11.5 Å². The van der Waals surface area contributed by atoms with Crippen LogP contribution in [0.4, 0.5) is 4.79 Å². The quantitative estimate of drug-likeness (QED) is 0.186. The monoisotopic (exact) mass is 568 g/mol. The Morgan fingerprint density at radius 2 is 1.00 bits per heavy atom. The highest BCUT2D eigenvalue weighted by Gasteiger charge is 2.29. The van der Waals surface area contributed by atoms with E-state index in [1.807, 2.05) is 60.7 Å². The van der Waals surface area contributed by atoms with Gasteiger partial charge in [-0.3, -0.25) is 4.79 Å². The second kappa shape index (κ2) is 14.9. The number of alkyl carbamates (subject to hydrolysis) is 1. The van der Waals surface area contributed by atoms with Crippen molar-refractivity contribution in [2.75, 3.05) is 0 Å². The Bertz CT molecular complexity index is 1440. The molecule has 0 heterocycles. The molecule has 0 saturated heterocycles. The molecule has 0 aliphatic carbocycles. The average Bonchev–Trinajstić information content (AvgIpc) is 3.01. The fourth-order valence-corrected chi connectivity index (χ4v) is 4.15. The lowest BCUT2D eigenvalue weighted by Crippen LogP contribution is -2.53. The van der Waals surface area contributed by atoms with Crippen LogP contribution in [0.3, 0.4) is 0 Å². The molecule has 4 N–H and O–H groups in total. The van der Waals surface area contributed by atoms with Crippen LogP contribution in [0.25, 0.3) is 0 Å². The molecule has 0 aliphatic rings. The van der Waals surface area contributed by atoms with Gasteiger partial charge in [-0.15, -0.1) is 0 Å². The van der Waals surface area contributed by atoms with Crippen molar-refractivity contribution in [2.24, 2.45) is 0 Å². The summed E-state index contributed by atoms with van der Waals surface area (Å²) in [5, 5.41) is 24.6. The molecule has 0 radical (unpaired) electrons. The molecular formula is C33H32N2O7. The fraction of sp³-hybridized carbons (Fsp3) is 0.182. The Balaban J connectivity index is 1.49. The highest BCUT2D eigenvalue weighted by atomic mass is 16.5. The van der Waals surface area contributed by atoms with Gasteiger partial charge in [0.15, 0.2) is 0 Å². The number of ether oxygens (including phenoxy) is 2. The molecule has 0 bridgehead atoms. The number of carbonyl (C=O) groups excluding carboxylic acids is 3. The topological polar surface area (TPSA) is 134 Å². The molecule has 2 amide bonds. The van der Waals surface area contributed by atoms with Gasteiger partial charge in [-0.05, 0) is 46.5 Å². The lowest BCUT2D eigenvalue weighted by atomic mass is 10.0. The van der Waals surface area contributed by atoms with Gasteiger partial charge in [0, 0.05) is 12.8 Å². The summed E-state index contributed by atoms with van der Waals surface area (Å²) in [6.07, 6.45) is -0.652. The van der Waals surface area contributed by atoms with Gasteiger partial charge in [0.25, 0.3) is 0 Å². The Labute approximate surface area is 243 Å². The Kier molecular flexibility index (Phi) is 10.5. The molecule has 42 heavy (non-hydrogen) atoms. The van der Waals surface area contributed by atoms with E-state index in [1.165, 1.54) is 24.3 Å². The minimum Gasteiger partial charge on any atom is -0.508 e. The van der Waals surface area contributed by atoms with E-state index in [4.69, 9.17) is 9.47 Å². The fourth-order valence-electron chi connectivity index (χ4n) is 4.15. The molecule has 9 heteroatoms. The van der Waals surface area contributed by atoms with Crippen LogP contribution in [0.15, 0.2) is 109 Å². The molecule has 4 aromatic carbocycles. The number of aromatic hydroxyl groups is 2. The predicted molar refractivity (Wildman–Crippen MR) is 155 cm³/mol.